The summed E-state index contributed by atoms with van der Waals surface area (Å²) in [5.41, 5.74) is 0. The third kappa shape index (κ3) is 3.59. The third-order valence-electron chi connectivity index (χ3n) is 4.69. The minimum atomic E-state index is -2.64. The lowest BCUT2D eigenvalue weighted by Gasteiger charge is -2.37. The maximum Gasteiger partial charge on any atom is 0.251 e. The van der Waals surface area contributed by atoms with E-state index in [1.54, 1.807) is 17.2 Å². The molecule has 1 amide bonds. The molecule has 2 aliphatic heterocycles. The van der Waals surface area contributed by atoms with Crippen molar-refractivity contribution in [3.8, 4) is 0 Å². The molecule has 0 bridgehead atoms. The highest BCUT2D eigenvalue weighted by Crippen LogP contribution is 2.30. The number of pyridine rings is 1. The molecule has 2 saturated heterocycles. The average Bonchev–Trinajstić information content (AvgIpc) is 2.55. The molecule has 2 fully saturated rings. The molecule has 0 aliphatic carbocycles. The molecule has 1 aromatic heterocycles. The van der Waals surface area contributed by atoms with Crippen molar-refractivity contribution in [2.45, 2.75) is 31.6 Å². The van der Waals surface area contributed by atoms with Crippen molar-refractivity contribution < 1.29 is 18.0 Å². The van der Waals surface area contributed by atoms with Crippen LogP contribution in [0.3, 0.4) is 0 Å². The number of nitrogens with zero attached hydrogens (tertiary/aromatic N) is 3. The number of halogens is 3. The van der Waals surface area contributed by atoms with Gasteiger partial charge in [-0.3, -0.25) is 4.79 Å². The molecule has 0 N–H and O–H groups in total. The SMILES string of the molecule is O=C(C1CCN(c2ncccc2F)CC1)N1CCC(F)(F)CC1. The van der Waals surface area contributed by atoms with E-state index < -0.39 is 5.92 Å². The summed E-state index contributed by atoms with van der Waals surface area (Å²) in [4.78, 5) is 19.9. The van der Waals surface area contributed by atoms with Gasteiger partial charge in [-0.2, -0.15) is 0 Å². The van der Waals surface area contributed by atoms with Gasteiger partial charge in [0.25, 0.3) is 5.92 Å². The predicted molar refractivity (Wildman–Crippen MR) is 79.9 cm³/mol. The second-order valence-electron chi connectivity index (χ2n) is 6.25. The monoisotopic (exact) mass is 327 g/mol. The van der Waals surface area contributed by atoms with Crippen LogP contribution in [-0.2, 0) is 4.79 Å². The fourth-order valence-corrected chi connectivity index (χ4v) is 3.26. The first-order valence-electron chi connectivity index (χ1n) is 7.98. The van der Waals surface area contributed by atoms with E-state index in [9.17, 15) is 18.0 Å². The highest BCUT2D eigenvalue weighted by molar-refractivity contribution is 5.79. The topological polar surface area (TPSA) is 36.4 Å². The number of alkyl halides is 2. The number of aromatic nitrogens is 1. The first-order valence-corrected chi connectivity index (χ1v) is 7.98. The molecule has 0 unspecified atom stereocenters. The van der Waals surface area contributed by atoms with Crippen molar-refractivity contribution in [3.05, 3.63) is 24.1 Å². The zero-order valence-corrected chi connectivity index (χ0v) is 12.9. The molecule has 0 aromatic carbocycles. The molecule has 3 heterocycles. The average molecular weight is 327 g/mol. The molecule has 0 saturated carbocycles. The Bertz CT molecular complexity index is 563. The van der Waals surface area contributed by atoms with Gasteiger partial charge in [-0.05, 0) is 25.0 Å². The van der Waals surface area contributed by atoms with Crippen LogP contribution in [0.5, 0.6) is 0 Å². The summed E-state index contributed by atoms with van der Waals surface area (Å²) >= 11 is 0. The number of carbonyl (C=O) groups is 1. The fraction of sp³-hybridized carbons (Fsp3) is 0.625. The minimum Gasteiger partial charge on any atom is -0.354 e. The van der Waals surface area contributed by atoms with E-state index in [4.69, 9.17) is 0 Å². The number of hydrogen-bond donors (Lipinski definition) is 0. The standard InChI is InChI=1S/C16H20F3N3O/c17-13-2-1-7-20-14(13)21-8-3-12(4-9-21)15(23)22-10-5-16(18,19)6-11-22/h1-2,7,12H,3-6,8-11H2. The van der Waals surface area contributed by atoms with Gasteiger partial charge in [-0.1, -0.05) is 0 Å². The summed E-state index contributed by atoms with van der Waals surface area (Å²) in [6.45, 7) is 1.35. The van der Waals surface area contributed by atoms with Crippen LogP contribution in [0.25, 0.3) is 0 Å². The number of anilines is 1. The molecule has 3 rings (SSSR count). The van der Waals surface area contributed by atoms with Gasteiger partial charge in [-0.15, -0.1) is 0 Å². The Kier molecular flexibility index (Phi) is 4.46. The van der Waals surface area contributed by atoms with Gasteiger partial charge in [0.1, 0.15) is 0 Å². The summed E-state index contributed by atoms with van der Waals surface area (Å²) in [6.07, 6.45) is 2.24. The molecule has 1 aromatic rings. The van der Waals surface area contributed by atoms with Crippen LogP contribution in [0, 0.1) is 11.7 Å². The van der Waals surface area contributed by atoms with Crippen molar-refractivity contribution in [2.24, 2.45) is 5.92 Å². The lowest BCUT2D eigenvalue weighted by Crippen LogP contribution is -2.47. The summed E-state index contributed by atoms with van der Waals surface area (Å²) in [6, 6.07) is 2.91. The highest BCUT2D eigenvalue weighted by Gasteiger charge is 2.38. The zero-order valence-electron chi connectivity index (χ0n) is 12.9. The molecule has 4 nitrogen and oxygen atoms in total. The second kappa shape index (κ2) is 6.37. The van der Waals surface area contributed by atoms with E-state index in [0.717, 1.165) is 0 Å². The first-order chi connectivity index (χ1) is 11.0. The molecule has 0 atom stereocenters. The second-order valence-corrected chi connectivity index (χ2v) is 6.25. The molecule has 2 aliphatic rings. The lowest BCUT2D eigenvalue weighted by molar-refractivity contribution is -0.142. The number of rotatable bonds is 2. The summed E-state index contributed by atoms with van der Waals surface area (Å²) in [5.74, 6) is -2.89. The fourth-order valence-electron chi connectivity index (χ4n) is 3.26. The van der Waals surface area contributed by atoms with Crippen molar-refractivity contribution in [1.82, 2.24) is 9.88 Å². The van der Waals surface area contributed by atoms with Crippen LogP contribution in [-0.4, -0.2) is 47.9 Å². The molecular weight excluding hydrogens is 307 g/mol. The number of likely N-dealkylation sites (tertiary alicyclic amines) is 1. The molecule has 7 heteroatoms. The van der Waals surface area contributed by atoms with E-state index in [1.807, 2.05) is 4.90 Å². The Labute approximate surface area is 133 Å². The van der Waals surface area contributed by atoms with Gasteiger partial charge in [0.15, 0.2) is 11.6 Å². The Morgan fingerprint density at radius 1 is 1.17 bits per heavy atom. The van der Waals surface area contributed by atoms with Crippen LogP contribution >= 0.6 is 0 Å². The normalized spacial score (nSPS) is 22.2. The van der Waals surface area contributed by atoms with E-state index in [-0.39, 0.29) is 43.6 Å². The maximum atomic E-state index is 13.7. The Balaban J connectivity index is 1.55. The first kappa shape index (κ1) is 16.1. The molecule has 23 heavy (non-hydrogen) atoms. The van der Waals surface area contributed by atoms with E-state index in [1.165, 1.54) is 6.07 Å². The van der Waals surface area contributed by atoms with Gasteiger partial charge in [0, 0.05) is 51.1 Å². The van der Waals surface area contributed by atoms with Crippen LogP contribution in [0.4, 0.5) is 19.0 Å². The van der Waals surface area contributed by atoms with Crippen LogP contribution in [0.15, 0.2) is 18.3 Å². The molecule has 0 radical (unpaired) electrons. The number of amides is 1. The Morgan fingerprint density at radius 2 is 1.83 bits per heavy atom. The van der Waals surface area contributed by atoms with Crippen molar-refractivity contribution >= 4 is 11.7 Å². The predicted octanol–water partition coefficient (Wildman–Crippen LogP) is 2.69. The summed E-state index contributed by atoms with van der Waals surface area (Å²) in [7, 11) is 0. The van der Waals surface area contributed by atoms with Gasteiger partial charge in [0.05, 0.1) is 0 Å². The molecule has 0 spiro atoms. The number of piperidine rings is 2. The van der Waals surface area contributed by atoms with E-state index in [2.05, 4.69) is 4.98 Å². The van der Waals surface area contributed by atoms with Crippen molar-refractivity contribution in [2.75, 3.05) is 31.1 Å². The van der Waals surface area contributed by atoms with Crippen LogP contribution in [0.1, 0.15) is 25.7 Å². The maximum absolute atomic E-state index is 13.7. The largest absolute Gasteiger partial charge is 0.354 e. The van der Waals surface area contributed by atoms with Gasteiger partial charge < -0.3 is 9.80 Å². The Hall–Kier alpha value is -1.79. The third-order valence-corrected chi connectivity index (χ3v) is 4.69. The zero-order chi connectivity index (χ0) is 16.4. The van der Waals surface area contributed by atoms with E-state index in [0.29, 0.717) is 31.7 Å². The summed E-state index contributed by atoms with van der Waals surface area (Å²) in [5, 5.41) is 0. The van der Waals surface area contributed by atoms with Crippen LogP contribution < -0.4 is 4.90 Å². The van der Waals surface area contributed by atoms with Crippen molar-refractivity contribution in [3.63, 3.8) is 0 Å². The van der Waals surface area contributed by atoms with Gasteiger partial charge >= 0.3 is 0 Å². The highest BCUT2D eigenvalue weighted by atomic mass is 19.3. The quantitative estimate of drug-likeness (QED) is 0.838. The number of carbonyl (C=O) groups excluding carboxylic acids is 1. The minimum absolute atomic E-state index is 0.0401. The van der Waals surface area contributed by atoms with Crippen molar-refractivity contribution in [1.29, 1.82) is 0 Å². The van der Waals surface area contributed by atoms with Gasteiger partial charge in [-0.25, -0.2) is 18.2 Å². The molecule has 126 valence electrons. The smallest absolute Gasteiger partial charge is 0.251 e. The summed E-state index contributed by atoms with van der Waals surface area (Å²) < 4.78 is 40.1. The van der Waals surface area contributed by atoms with E-state index >= 15 is 0 Å². The van der Waals surface area contributed by atoms with Crippen LogP contribution in [0.2, 0.25) is 0 Å². The molecular formula is C16H20F3N3O. The van der Waals surface area contributed by atoms with Gasteiger partial charge in [0.2, 0.25) is 5.91 Å². The lowest BCUT2D eigenvalue weighted by atomic mass is 9.94. The number of hydrogen-bond acceptors (Lipinski definition) is 3. The Morgan fingerprint density at radius 3 is 2.43 bits per heavy atom.